The normalized spacial score (nSPS) is 12.3. The SMILES string of the molecule is C=C(Nc1cnc[nH]1)C(CCCC)CC(=C)C(C)(C)C.CC.CC(=O)OC(C)(C)C.CC(=O)OC1Cc2ccccc2C1.c1ccccc1. The Morgan fingerprint density at radius 1 is 0.898 bits per heavy atom. The summed E-state index contributed by atoms with van der Waals surface area (Å²) in [6, 6.07) is 20.2. The molecule has 49 heavy (non-hydrogen) atoms. The topological polar surface area (TPSA) is 93.3 Å². The largest absolute Gasteiger partial charge is 0.462 e. The second kappa shape index (κ2) is 24.1. The Hall–Kier alpha value is -4.13. The highest BCUT2D eigenvalue weighted by molar-refractivity contribution is 5.66. The van der Waals surface area contributed by atoms with Crippen molar-refractivity contribution in [3.8, 4) is 0 Å². The van der Waals surface area contributed by atoms with E-state index >= 15 is 0 Å². The van der Waals surface area contributed by atoms with Crippen molar-refractivity contribution in [2.45, 2.75) is 126 Å². The van der Waals surface area contributed by atoms with E-state index in [2.05, 4.69) is 68.3 Å². The summed E-state index contributed by atoms with van der Waals surface area (Å²) in [5.74, 6) is 0.915. The first-order chi connectivity index (χ1) is 23.0. The maximum atomic E-state index is 10.7. The molecule has 7 heteroatoms. The van der Waals surface area contributed by atoms with Crippen LogP contribution in [0.2, 0.25) is 0 Å². The molecule has 0 spiro atoms. The summed E-state index contributed by atoms with van der Waals surface area (Å²) < 4.78 is 9.95. The minimum absolute atomic E-state index is 0.0647. The smallest absolute Gasteiger partial charge is 0.303 e. The van der Waals surface area contributed by atoms with Gasteiger partial charge in [0.1, 0.15) is 17.5 Å². The molecule has 0 bridgehead atoms. The van der Waals surface area contributed by atoms with Gasteiger partial charge in [-0.2, -0.15) is 0 Å². The van der Waals surface area contributed by atoms with Gasteiger partial charge in [0, 0.05) is 38.3 Å². The maximum absolute atomic E-state index is 10.7. The van der Waals surface area contributed by atoms with Crippen molar-refractivity contribution in [2.24, 2.45) is 11.3 Å². The van der Waals surface area contributed by atoms with Crippen LogP contribution in [0.1, 0.15) is 113 Å². The molecule has 272 valence electrons. The molecule has 0 aliphatic heterocycles. The fraction of sp³-hybridized carbons (Fsp3) is 0.500. The van der Waals surface area contributed by atoms with Gasteiger partial charge in [0.25, 0.3) is 0 Å². The van der Waals surface area contributed by atoms with Crippen LogP contribution in [0.5, 0.6) is 0 Å². The Bertz CT molecular complexity index is 1280. The zero-order chi connectivity index (χ0) is 37.5. The van der Waals surface area contributed by atoms with E-state index in [0.717, 1.165) is 37.2 Å². The lowest BCUT2D eigenvalue weighted by molar-refractivity contribution is -0.152. The van der Waals surface area contributed by atoms with Gasteiger partial charge in [-0.1, -0.05) is 134 Å². The number of hydrogen-bond donors (Lipinski definition) is 2. The molecule has 1 heterocycles. The number of esters is 2. The van der Waals surface area contributed by atoms with Crippen molar-refractivity contribution in [1.82, 2.24) is 9.97 Å². The molecule has 1 aromatic heterocycles. The lowest BCUT2D eigenvalue weighted by atomic mass is 9.80. The Labute approximate surface area is 298 Å². The van der Waals surface area contributed by atoms with Crippen LogP contribution in [0.4, 0.5) is 5.82 Å². The lowest BCUT2D eigenvalue weighted by Gasteiger charge is -2.27. The summed E-state index contributed by atoms with van der Waals surface area (Å²) in [6.07, 6.45) is 9.81. The number of aromatic amines is 1. The van der Waals surface area contributed by atoms with E-state index in [0.29, 0.717) is 5.92 Å². The number of nitrogens with one attached hydrogen (secondary N) is 2. The summed E-state index contributed by atoms with van der Waals surface area (Å²) in [4.78, 5) is 28.0. The number of carbonyl (C=O) groups is 2. The fourth-order valence-corrected chi connectivity index (χ4v) is 4.71. The number of H-pyrrole nitrogens is 1. The molecule has 2 N–H and O–H groups in total. The number of hydrogen-bond acceptors (Lipinski definition) is 6. The van der Waals surface area contributed by atoms with Crippen LogP contribution >= 0.6 is 0 Å². The summed E-state index contributed by atoms with van der Waals surface area (Å²) in [5, 5.41) is 3.33. The molecular formula is C42H65N3O4. The van der Waals surface area contributed by atoms with E-state index < -0.39 is 0 Å². The Balaban J connectivity index is 0.000000677. The lowest BCUT2D eigenvalue weighted by Crippen LogP contribution is -2.21. The van der Waals surface area contributed by atoms with Crippen molar-refractivity contribution < 1.29 is 19.1 Å². The Morgan fingerprint density at radius 2 is 1.41 bits per heavy atom. The highest BCUT2D eigenvalue weighted by atomic mass is 16.6. The molecule has 4 rings (SSSR count). The summed E-state index contributed by atoms with van der Waals surface area (Å²) in [6.45, 7) is 29.8. The summed E-state index contributed by atoms with van der Waals surface area (Å²) in [7, 11) is 0. The van der Waals surface area contributed by atoms with Crippen molar-refractivity contribution in [2.75, 3.05) is 5.32 Å². The number of ether oxygens (including phenoxy) is 2. The molecule has 1 aliphatic carbocycles. The molecule has 0 radical (unpaired) electrons. The number of unbranched alkanes of at least 4 members (excludes halogenated alkanes) is 1. The fourth-order valence-electron chi connectivity index (χ4n) is 4.71. The number of nitrogens with zero attached hydrogens (tertiary/aromatic N) is 1. The van der Waals surface area contributed by atoms with Crippen molar-refractivity contribution >= 4 is 17.8 Å². The molecule has 1 atom stereocenters. The standard InChI is InChI=1S/C17H29N3.C11H12O2.C6H12O2.C6H6.C2H6/c1-7-8-9-15(10-13(2)17(4,5)6)14(3)20-16-11-18-12-19-16;1-8(12)13-11-6-9-4-2-3-5-10(9)7-11;1-5(7)8-6(2,3)4;1-2-4-6-5-3-1;1-2/h11-12,15,20H,2-3,7-10H2,1,4-6H3,(H,18,19);2-5,11H,6-7H2,1H3;1-4H3;1-6H;1-2H3. The second-order valence-electron chi connectivity index (χ2n) is 13.8. The van der Waals surface area contributed by atoms with Gasteiger partial charge < -0.3 is 19.8 Å². The van der Waals surface area contributed by atoms with Gasteiger partial charge in [0.05, 0.1) is 12.5 Å². The molecule has 0 amide bonds. The van der Waals surface area contributed by atoms with Crippen LogP contribution in [-0.2, 0) is 31.9 Å². The zero-order valence-electron chi connectivity index (χ0n) is 32.3. The highest BCUT2D eigenvalue weighted by Crippen LogP contribution is 2.33. The van der Waals surface area contributed by atoms with Crippen LogP contribution in [0, 0.1) is 11.3 Å². The first-order valence-electron chi connectivity index (χ1n) is 17.6. The number of fused-ring (bicyclic) bond motifs is 1. The van der Waals surface area contributed by atoms with Crippen molar-refractivity contribution in [3.05, 3.63) is 109 Å². The van der Waals surface area contributed by atoms with Crippen molar-refractivity contribution in [1.29, 1.82) is 0 Å². The zero-order valence-corrected chi connectivity index (χ0v) is 32.3. The summed E-state index contributed by atoms with van der Waals surface area (Å²) in [5.41, 5.74) is 4.78. The molecule has 7 nitrogen and oxygen atoms in total. The molecule has 0 saturated heterocycles. The Kier molecular flexibility index (Phi) is 22.0. The number of anilines is 1. The molecular weight excluding hydrogens is 610 g/mol. The van der Waals surface area contributed by atoms with Gasteiger partial charge in [-0.15, -0.1) is 0 Å². The van der Waals surface area contributed by atoms with Crippen LogP contribution in [0.3, 0.4) is 0 Å². The predicted molar refractivity (Wildman–Crippen MR) is 206 cm³/mol. The van der Waals surface area contributed by atoms with Crippen LogP contribution in [0.25, 0.3) is 0 Å². The van der Waals surface area contributed by atoms with E-state index in [-0.39, 0.29) is 29.1 Å². The number of rotatable bonds is 9. The third-order valence-electron chi connectivity index (χ3n) is 7.21. The predicted octanol–water partition coefficient (Wildman–Crippen LogP) is 10.9. The minimum Gasteiger partial charge on any atom is -0.462 e. The molecule has 2 aromatic carbocycles. The van der Waals surface area contributed by atoms with Gasteiger partial charge in [-0.3, -0.25) is 9.59 Å². The van der Waals surface area contributed by atoms with Gasteiger partial charge in [-0.05, 0) is 50.2 Å². The quantitative estimate of drug-likeness (QED) is 0.173. The number of carbonyl (C=O) groups excluding carboxylic acids is 2. The number of allylic oxidation sites excluding steroid dienone is 2. The van der Waals surface area contributed by atoms with Crippen molar-refractivity contribution in [3.63, 3.8) is 0 Å². The van der Waals surface area contributed by atoms with Gasteiger partial charge in [0.15, 0.2) is 0 Å². The molecule has 0 fully saturated rings. The molecule has 1 aliphatic rings. The average Bonchev–Trinajstić information content (AvgIpc) is 3.69. The van der Waals surface area contributed by atoms with E-state index in [9.17, 15) is 9.59 Å². The monoisotopic (exact) mass is 675 g/mol. The molecule has 0 saturated carbocycles. The van der Waals surface area contributed by atoms with Crippen LogP contribution < -0.4 is 5.32 Å². The van der Waals surface area contributed by atoms with E-state index in [4.69, 9.17) is 9.47 Å². The number of benzene rings is 2. The van der Waals surface area contributed by atoms with Gasteiger partial charge >= 0.3 is 11.9 Å². The van der Waals surface area contributed by atoms with E-state index in [1.54, 1.807) is 12.5 Å². The highest BCUT2D eigenvalue weighted by Gasteiger charge is 2.23. The third kappa shape index (κ3) is 22.2. The van der Waals surface area contributed by atoms with E-state index in [1.165, 1.54) is 43.4 Å². The average molecular weight is 676 g/mol. The number of aromatic nitrogens is 2. The molecule has 3 aromatic rings. The third-order valence-corrected chi connectivity index (χ3v) is 7.21. The Morgan fingerprint density at radius 3 is 1.76 bits per heavy atom. The second-order valence-corrected chi connectivity index (χ2v) is 13.8. The van der Waals surface area contributed by atoms with E-state index in [1.807, 2.05) is 83.1 Å². The van der Waals surface area contributed by atoms with Gasteiger partial charge in [-0.25, -0.2) is 4.98 Å². The van der Waals surface area contributed by atoms with Gasteiger partial charge in [0.2, 0.25) is 0 Å². The first kappa shape index (κ1) is 44.9. The maximum Gasteiger partial charge on any atom is 0.303 e. The minimum atomic E-state index is -0.328. The van der Waals surface area contributed by atoms with Crippen LogP contribution in [-0.4, -0.2) is 33.6 Å². The summed E-state index contributed by atoms with van der Waals surface area (Å²) >= 11 is 0. The first-order valence-corrected chi connectivity index (χ1v) is 17.6. The molecule has 1 unspecified atom stereocenters. The number of imidazole rings is 1. The van der Waals surface area contributed by atoms with Crippen LogP contribution in [0.15, 0.2) is 97.6 Å².